The summed E-state index contributed by atoms with van der Waals surface area (Å²) in [4.78, 5) is 37.8. The topological polar surface area (TPSA) is 121 Å². The summed E-state index contributed by atoms with van der Waals surface area (Å²) in [5, 5.41) is 7.87. The minimum Gasteiger partial charge on any atom is -0.467 e. The van der Waals surface area contributed by atoms with Crippen LogP contribution in [0.2, 0.25) is 0 Å². The highest BCUT2D eigenvalue weighted by atomic mass is 35.6. The number of rotatable bonds is 6. The maximum absolute atomic E-state index is 15.6. The number of hydrogen-bond acceptors (Lipinski definition) is 9. The molecule has 0 saturated carbocycles. The van der Waals surface area contributed by atoms with Gasteiger partial charge in [-0.15, -0.1) is 0 Å². The van der Waals surface area contributed by atoms with E-state index in [-0.39, 0.29) is 11.1 Å². The molecule has 2 aromatic rings. The van der Waals surface area contributed by atoms with Crippen molar-refractivity contribution < 1.29 is 42.5 Å². The third kappa shape index (κ3) is 6.64. The van der Waals surface area contributed by atoms with E-state index in [1.807, 2.05) is 0 Å². The Morgan fingerprint density at radius 2 is 1.33 bits per heavy atom. The Balaban J connectivity index is 2.00. The summed E-state index contributed by atoms with van der Waals surface area (Å²) in [6.45, 7) is 0. The fraction of sp³-hybridized carbons (Fsp3) is 0.304. The first kappa shape index (κ1) is 27.7. The highest BCUT2D eigenvalue weighted by Gasteiger charge is 2.55. The zero-order valence-corrected chi connectivity index (χ0v) is 20.7. The van der Waals surface area contributed by atoms with E-state index in [1.54, 1.807) is 36.4 Å². The second-order valence-corrected chi connectivity index (χ2v) is 9.59. The lowest BCUT2D eigenvalue weighted by Crippen LogP contribution is -2.62. The number of alkyl halides is 4. The summed E-state index contributed by atoms with van der Waals surface area (Å²) >= 11 is 17.0. The molecule has 9 nitrogen and oxygen atoms in total. The number of benzene rings is 2. The van der Waals surface area contributed by atoms with Crippen LogP contribution >= 0.6 is 34.8 Å². The van der Waals surface area contributed by atoms with Crippen molar-refractivity contribution >= 4 is 58.6 Å². The van der Waals surface area contributed by atoms with Crippen LogP contribution in [0.25, 0.3) is 0 Å². The maximum atomic E-state index is 15.6. The number of carbonyl (C=O) groups excluding carboxylic acids is 3. The third-order valence-corrected chi connectivity index (χ3v) is 5.42. The lowest BCUT2D eigenvalue weighted by molar-refractivity contribution is -0.263. The molecular formula is C23H19Cl3FNO8. The molecule has 1 heterocycles. The molecule has 36 heavy (non-hydrogen) atoms. The van der Waals surface area contributed by atoms with Gasteiger partial charge < -0.3 is 23.7 Å². The molecule has 192 valence electrons. The summed E-state index contributed by atoms with van der Waals surface area (Å²) < 4.78 is 39.0. The fourth-order valence-corrected chi connectivity index (χ4v) is 3.30. The van der Waals surface area contributed by atoms with Gasteiger partial charge in [-0.25, -0.2) is 18.8 Å². The Labute approximate surface area is 219 Å². The van der Waals surface area contributed by atoms with Crippen LogP contribution in [0.3, 0.4) is 0 Å². The molecule has 0 unspecified atom stereocenters. The predicted octanol–water partition coefficient (Wildman–Crippen LogP) is 4.04. The van der Waals surface area contributed by atoms with Crippen molar-refractivity contribution in [1.29, 1.82) is 5.41 Å². The number of hydrogen-bond donors (Lipinski definition) is 1. The Hall–Kier alpha value is -2.92. The van der Waals surface area contributed by atoms with E-state index in [9.17, 15) is 14.4 Å². The summed E-state index contributed by atoms with van der Waals surface area (Å²) in [6.07, 6.45) is -10.1. The minimum absolute atomic E-state index is 0.0467. The first-order chi connectivity index (χ1) is 17.0. The summed E-state index contributed by atoms with van der Waals surface area (Å²) in [5.41, 5.74) is 0.108. The molecule has 1 aliphatic heterocycles. The number of nitrogens with one attached hydrogen (secondary N) is 1. The first-order valence-electron chi connectivity index (χ1n) is 10.2. The molecule has 1 saturated heterocycles. The van der Waals surface area contributed by atoms with Crippen molar-refractivity contribution in [2.45, 2.75) is 34.6 Å². The average molecular weight is 563 g/mol. The van der Waals surface area contributed by atoms with Gasteiger partial charge in [0.2, 0.25) is 18.3 Å². The highest BCUT2D eigenvalue weighted by molar-refractivity contribution is 6.76. The number of halogens is 4. The number of methoxy groups -OCH3 is 1. The third-order valence-electron chi connectivity index (χ3n) is 4.91. The molecule has 0 bridgehead atoms. The number of carbonyl (C=O) groups is 3. The fourth-order valence-electron chi connectivity index (χ4n) is 3.17. The lowest BCUT2D eigenvalue weighted by atomic mass is 9.99. The van der Waals surface area contributed by atoms with Gasteiger partial charge in [0.1, 0.15) is 0 Å². The van der Waals surface area contributed by atoms with Crippen LogP contribution in [0.1, 0.15) is 20.7 Å². The van der Waals surface area contributed by atoms with Crippen molar-refractivity contribution in [1.82, 2.24) is 0 Å². The molecule has 0 aliphatic carbocycles. The Kier molecular flexibility index (Phi) is 9.13. The monoisotopic (exact) mass is 561 g/mol. The molecule has 0 radical (unpaired) electrons. The first-order valence-corrected chi connectivity index (χ1v) is 11.4. The van der Waals surface area contributed by atoms with Gasteiger partial charge in [-0.2, -0.15) is 0 Å². The molecule has 5 atom stereocenters. The summed E-state index contributed by atoms with van der Waals surface area (Å²) in [7, 11) is 0.976. The van der Waals surface area contributed by atoms with E-state index in [0.717, 1.165) is 7.11 Å². The maximum Gasteiger partial charge on any atom is 0.338 e. The molecule has 0 aromatic heterocycles. The van der Waals surface area contributed by atoms with Gasteiger partial charge >= 0.3 is 17.9 Å². The molecule has 1 N–H and O–H groups in total. The second-order valence-electron chi connectivity index (χ2n) is 7.31. The minimum atomic E-state index is -2.39. The molecule has 1 fully saturated rings. The SMILES string of the molecule is COC(=O)[C@H]1O[C@H](OC(=N)C(Cl)(Cl)Cl)[C@H](OC(=O)c2ccccc2)[C@@H](OC(=O)c2ccccc2)[C@@H]1F. The summed E-state index contributed by atoms with van der Waals surface area (Å²) in [6, 6.07) is 15.1. The molecule has 3 rings (SSSR count). The van der Waals surface area contributed by atoms with Crippen LogP contribution in [-0.4, -0.2) is 65.5 Å². The molecule has 13 heteroatoms. The zero-order chi connectivity index (χ0) is 26.5. The molecule has 0 amide bonds. The van der Waals surface area contributed by atoms with Gasteiger partial charge in [0.25, 0.3) is 3.79 Å². The van der Waals surface area contributed by atoms with Gasteiger partial charge in [-0.3, -0.25) is 5.41 Å². The molecule has 1 aliphatic rings. The van der Waals surface area contributed by atoms with Crippen molar-refractivity contribution in [2.24, 2.45) is 0 Å². The second kappa shape index (κ2) is 11.9. The Bertz CT molecular complexity index is 1100. The van der Waals surface area contributed by atoms with E-state index < -0.39 is 58.4 Å². The Morgan fingerprint density at radius 1 is 0.861 bits per heavy atom. The standard InChI is InChI=1S/C23H19Cl3FNO8/c1-32-20(31)16-14(27)15(33-18(29)12-8-4-2-5-9-12)17(21(35-16)36-22(28)23(24,25)26)34-19(30)13-10-6-3-7-11-13/h2-11,14-17,21,28H,1H3/t14-,15-,16-,17+,21+/m0/s1. The van der Waals surface area contributed by atoms with Crippen molar-refractivity contribution in [3.05, 3.63) is 71.8 Å². The van der Waals surface area contributed by atoms with Crippen molar-refractivity contribution in [3.63, 3.8) is 0 Å². The molecule has 2 aromatic carbocycles. The number of ether oxygens (including phenoxy) is 5. The van der Waals surface area contributed by atoms with Crippen LogP contribution in [-0.2, 0) is 28.5 Å². The van der Waals surface area contributed by atoms with Gasteiger partial charge in [-0.1, -0.05) is 71.2 Å². The smallest absolute Gasteiger partial charge is 0.338 e. The van der Waals surface area contributed by atoms with Crippen molar-refractivity contribution in [2.75, 3.05) is 7.11 Å². The van der Waals surface area contributed by atoms with E-state index in [1.165, 1.54) is 24.3 Å². The normalized spacial score (nSPS) is 23.8. The summed E-state index contributed by atoms with van der Waals surface area (Å²) in [5.74, 6) is -4.15. The van der Waals surface area contributed by atoms with Crippen molar-refractivity contribution in [3.8, 4) is 0 Å². The zero-order valence-electron chi connectivity index (χ0n) is 18.4. The molecule has 0 spiro atoms. The lowest BCUT2D eigenvalue weighted by Gasteiger charge is -2.41. The van der Waals surface area contributed by atoms with Crippen LogP contribution in [0.15, 0.2) is 60.7 Å². The van der Waals surface area contributed by atoms with Crippen LogP contribution in [0.5, 0.6) is 0 Å². The van der Waals surface area contributed by atoms with Gasteiger partial charge in [-0.05, 0) is 24.3 Å². The van der Waals surface area contributed by atoms with Gasteiger partial charge in [0.15, 0.2) is 18.4 Å². The van der Waals surface area contributed by atoms with Gasteiger partial charge in [0.05, 0.1) is 18.2 Å². The Morgan fingerprint density at radius 3 is 1.78 bits per heavy atom. The van der Waals surface area contributed by atoms with E-state index in [4.69, 9.17) is 59.2 Å². The quantitative estimate of drug-likeness (QED) is 0.184. The van der Waals surface area contributed by atoms with E-state index in [2.05, 4.69) is 4.74 Å². The number of esters is 3. The van der Waals surface area contributed by atoms with E-state index >= 15 is 4.39 Å². The van der Waals surface area contributed by atoms with Crippen LogP contribution < -0.4 is 0 Å². The average Bonchev–Trinajstić information content (AvgIpc) is 2.87. The largest absolute Gasteiger partial charge is 0.467 e. The van der Waals surface area contributed by atoms with Gasteiger partial charge in [0, 0.05) is 0 Å². The predicted molar refractivity (Wildman–Crippen MR) is 126 cm³/mol. The van der Waals surface area contributed by atoms with Crippen LogP contribution in [0.4, 0.5) is 4.39 Å². The molecular weight excluding hydrogens is 544 g/mol. The highest BCUT2D eigenvalue weighted by Crippen LogP contribution is 2.34. The van der Waals surface area contributed by atoms with Crippen LogP contribution in [0, 0.1) is 5.41 Å². The van der Waals surface area contributed by atoms with E-state index in [0.29, 0.717) is 0 Å².